The van der Waals surface area contributed by atoms with Crippen molar-refractivity contribution >= 4 is 5.91 Å². The van der Waals surface area contributed by atoms with Crippen molar-refractivity contribution in [3.63, 3.8) is 0 Å². The third-order valence-corrected chi connectivity index (χ3v) is 4.64. The van der Waals surface area contributed by atoms with Crippen molar-refractivity contribution < 1.29 is 14.3 Å². The smallest absolute Gasteiger partial charge is 0.253 e. The lowest BCUT2D eigenvalue weighted by Gasteiger charge is -2.31. The highest BCUT2D eigenvalue weighted by molar-refractivity contribution is 5.94. The van der Waals surface area contributed by atoms with Gasteiger partial charge in [-0.15, -0.1) is 0 Å². The minimum Gasteiger partial charge on any atom is -0.505 e. The third-order valence-electron chi connectivity index (χ3n) is 4.64. The van der Waals surface area contributed by atoms with Crippen LogP contribution in [0.3, 0.4) is 0 Å². The number of rotatable bonds is 4. The highest BCUT2D eigenvalue weighted by Crippen LogP contribution is 2.23. The second kappa shape index (κ2) is 7.21. The fourth-order valence-electron chi connectivity index (χ4n) is 3.10. The highest BCUT2D eigenvalue weighted by Gasteiger charge is 2.25. The summed E-state index contributed by atoms with van der Waals surface area (Å²) in [4.78, 5) is 18.7. The van der Waals surface area contributed by atoms with E-state index in [-0.39, 0.29) is 11.5 Å². The van der Waals surface area contributed by atoms with Gasteiger partial charge >= 0.3 is 0 Å². The van der Waals surface area contributed by atoms with E-state index < -0.39 is 11.6 Å². The first-order valence-corrected chi connectivity index (χ1v) is 8.63. The largest absolute Gasteiger partial charge is 0.505 e. The molecule has 0 aliphatic carbocycles. The number of piperidine rings is 1. The first kappa shape index (κ1) is 17.4. The molecule has 1 aromatic carbocycles. The molecule has 0 bridgehead atoms. The van der Waals surface area contributed by atoms with Crippen LogP contribution in [0.4, 0.5) is 4.39 Å². The van der Waals surface area contributed by atoms with Crippen LogP contribution in [0.5, 0.6) is 5.75 Å². The predicted molar refractivity (Wildman–Crippen MR) is 90.9 cm³/mol. The number of aromatic nitrogens is 3. The van der Waals surface area contributed by atoms with Gasteiger partial charge in [0.2, 0.25) is 0 Å². The Morgan fingerprint density at radius 2 is 2.12 bits per heavy atom. The highest BCUT2D eigenvalue weighted by atomic mass is 19.1. The number of aromatic hydroxyl groups is 1. The van der Waals surface area contributed by atoms with Crippen LogP contribution < -0.4 is 0 Å². The van der Waals surface area contributed by atoms with Crippen LogP contribution >= 0.6 is 0 Å². The SMILES string of the molecule is CC(C)c1n[nH]c(CC2CCN(C(=O)c3ccc(O)c(F)c3)CC2)n1. The summed E-state index contributed by atoms with van der Waals surface area (Å²) in [6.07, 6.45) is 2.59. The molecule has 7 heteroatoms. The maximum absolute atomic E-state index is 13.4. The molecule has 2 aromatic rings. The molecule has 1 aliphatic heterocycles. The average molecular weight is 346 g/mol. The number of carbonyl (C=O) groups is 1. The number of H-pyrrole nitrogens is 1. The molecule has 2 heterocycles. The number of nitrogens with zero attached hydrogens (tertiary/aromatic N) is 3. The van der Waals surface area contributed by atoms with Gasteiger partial charge in [0.1, 0.15) is 5.82 Å². The summed E-state index contributed by atoms with van der Waals surface area (Å²) >= 11 is 0. The molecular formula is C18H23FN4O2. The minimum atomic E-state index is -0.771. The number of hydrogen-bond acceptors (Lipinski definition) is 4. The van der Waals surface area contributed by atoms with Crippen LogP contribution in [-0.2, 0) is 6.42 Å². The summed E-state index contributed by atoms with van der Waals surface area (Å²) in [5.74, 6) is 1.07. The molecule has 0 spiro atoms. The van der Waals surface area contributed by atoms with Crippen LogP contribution in [0.25, 0.3) is 0 Å². The predicted octanol–water partition coefficient (Wildman–Crippen LogP) is 2.87. The number of benzene rings is 1. The first-order chi connectivity index (χ1) is 11.9. The zero-order chi connectivity index (χ0) is 18.0. The van der Waals surface area contributed by atoms with Gasteiger partial charge in [0.15, 0.2) is 17.4 Å². The molecule has 3 rings (SSSR count). The zero-order valence-electron chi connectivity index (χ0n) is 14.5. The summed E-state index contributed by atoms with van der Waals surface area (Å²) in [7, 11) is 0. The molecule has 1 amide bonds. The maximum atomic E-state index is 13.4. The molecule has 1 aromatic heterocycles. The Kier molecular flexibility index (Phi) is 5.01. The molecule has 0 atom stereocenters. The average Bonchev–Trinajstić information content (AvgIpc) is 3.06. The van der Waals surface area contributed by atoms with E-state index >= 15 is 0 Å². The molecule has 0 radical (unpaired) electrons. The molecule has 0 saturated carbocycles. The second-order valence-electron chi connectivity index (χ2n) is 6.90. The van der Waals surface area contributed by atoms with Gasteiger partial charge in [-0.25, -0.2) is 9.37 Å². The van der Waals surface area contributed by atoms with Gasteiger partial charge in [0.25, 0.3) is 5.91 Å². The summed E-state index contributed by atoms with van der Waals surface area (Å²) < 4.78 is 13.4. The molecule has 25 heavy (non-hydrogen) atoms. The number of aromatic amines is 1. The number of likely N-dealkylation sites (tertiary alicyclic amines) is 1. The van der Waals surface area contributed by atoms with Crippen molar-refractivity contribution in [3.05, 3.63) is 41.2 Å². The number of phenolic OH excluding ortho intramolecular Hbond substituents is 1. The Morgan fingerprint density at radius 1 is 1.40 bits per heavy atom. The molecule has 134 valence electrons. The van der Waals surface area contributed by atoms with Gasteiger partial charge < -0.3 is 10.0 Å². The van der Waals surface area contributed by atoms with Crippen molar-refractivity contribution in [2.45, 2.75) is 39.0 Å². The Hall–Kier alpha value is -2.44. The Balaban J connectivity index is 1.55. The number of phenols is 1. The van der Waals surface area contributed by atoms with E-state index in [0.29, 0.717) is 24.9 Å². The number of amides is 1. The number of carbonyl (C=O) groups excluding carboxylic acids is 1. The standard InChI is InChI=1S/C18H23FN4O2/c1-11(2)17-20-16(21-22-17)9-12-5-7-23(8-6-12)18(25)13-3-4-15(24)14(19)10-13/h3-4,10-12,24H,5-9H2,1-2H3,(H,20,21,22). The fourth-order valence-corrected chi connectivity index (χ4v) is 3.10. The number of hydrogen-bond donors (Lipinski definition) is 2. The molecular weight excluding hydrogens is 323 g/mol. The van der Waals surface area contributed by atoms with Crippen molar-refractivity contribution in [2.75, 3.05) is 13.1 Å². The quantitative estimate of drug-likeness (QED) is 0.892. The van der Waals surface area contributed by atoms with E-state index in [0.717, 1.165) is 37.0 Å². The van der Waals surface area contributed by atoms with Crippen LogP contribution in [0.1, 0.15) is 54.6 Å². The van der Waals surface area contributed by atoms with Gasteiger partial charge in [0.05, 0.1) is 0 Å². The topological polar surface area (TPSA) is 82.1 Å². The van der Waals surface area contributed by atoms with E-state index in [1.165, 1.54) is 12.1 Å². The third kappa shape index (κ3) is 3.97. The molecule has 1 fully saturated rings. The fraction of sp³-hybridized carbons (Fsp3) is 0.500. The number of nitrogens with one attached hydrogen (secondary N) is 1. The van der Waals surface area contributed by atoms with Crippen LogP contribution in [-0.4, -0.2) is 44.2 Å². The maximum Gasteiger partial charge on any atom is 0.253 e. The van der Waals surface area contributed by atoms with E-state index in [9.17, 15) is 14.3 Å². The summed E-state index contributed by atoms with van der Waals surface area (Å²) in [5.41, 5.74) is 0.269. The molecule has 1 saturated heterocycles. The van der Waals surface area contributed by atoms with E-state index in [1.54, 1.807) is 4.90 Å². The normalized spacial score (nSPS) is 15.8. The first-order valence-electron chi connectivity index (χ1n) is 8.63. The summed E-state index contributed by atoms with van der Waals surface area (Å²) in [5, 5.41) is 16.5. The van der Waals surface area contributed by atoms with E-state index in [2.05, 4.69) is 29.0 Å². The Morgan fingerprint density at radius 3 is 2.72 bits per heavy atom. The molecule has 2 N–H and O–H groups in total. The van der Waals surface area contributed by atoms with Gasteiger partial charge in [-0.2, -0.15) is 5.10 Å². The number of halogens is 1. The lowest BCUT2D eigenvalue weighted by atomic mass is 9.93. The van der Waals surface area contributed by atoms with Crippen LogP contribution in [0.2, 0.25) is 0 Å². The van der Waals surface area contributed by atoms with Crippen LogP contribution in [0.15, 0.2) is 18.2 Å². The lowest BCUT2D eigenvalue weighted by Crippen LogP contribution is -2.39. The minimum absolute atomic E-state index is 0.195. The van der Waals surface area contributed by atoms with Gasteiger partial charge in [-0.1, -0.05) is 13.8 Å². The summed E-state index contributed by atoms with van der Waals surface area (Å²) in [6, 6.07) is 3.76. The van der Waals surface area contributed by atoms with Gasteiger partial charge in [0, 0.05) is 31.0 Å². The van der Waals surface area contributed by atoms with Crippen LogP contribution in [0, 0.1) is 11.7 Å². The molecule has 1 aliphatic rings. The van der Waals surface area contributed by atoms with Crippen molar-refractivity contribution in [1.82, 2.24) is 20.1 Å². The second-order valence-corrected chi connectivity index (χ2v) is 6.90. The van der Waals surface area contributed by atoms with Gasteiger partial charge in [-0.05, 0) is 37.0 Å². The van der Waals surface area contributed by atoms with E-state index in [1.807, 2.05) is 0 Å². The van der Waals surface area contributed by atoms with E-state index in [4.69, 9.17) is 0 Å². The van der Waals surface area contributed by atoms with Crippen molar-refractivity contribution in [2.24, 2.45) is 5.92 Å². The van der Waals surface area contributed by atoms with Gasteiger partial charge in [-0.3, -0.25) is 9.89 Å². The Labute approximate surface area is 146 Å². The lowest BCUT2D eigenvalue weighted by molar-refractivity contribution is 0.0689. The zero-order valence-corrected chi connectivity index (χ0v) is 14.5. The monoisotopic (exact) mass is 346 g/mol. The Bertz CT molecular complexity index is 751. The summed E-state index contributed by atoms with van der Waals surface area (Å²) in [6.45, 7) is 5.39. The van der Waals surface area contributed by atoms with Crippen molar-refractivity contribution in [3.8, 4) is 5.75 Å². The molecule has 0 unspecified atom stereocenters. The molecule has 6 nitrogen and oxygen atoms in total. The van der Waals surface area contributed by atoms with Crippen molar-refractivity contribution in [1.29, 1.82) is 0 Å².